The van der Waals surface area contributed by atoms with Crippen molar-refractivity contribution in [3.8, 4) is 0 Å². The van der Waals surface area contributed by atoms with Gasteiger partial charge in [-0.3, -0.25) is 0 Å². The zero-order valence-electron chi connectivity index (χ0n) is 19.9. The molecular formula is C31H30N2OS. The van der Waals surface area contributed by atoms with Crippen LogP contribution in [0.3, 0.4) is 0 Å². The lowest BCUT2D eigenvalue weighted by Crippen LogP contribution is -2.38. The van der Waals surface area contributed by atoms with Gasteiger partial charge < -0.3 is 15.0 Å². The Hall–Kier alpha value is -3.63. The standard InChI is InChI=1S/C31H30N2OS/c1-2-28-23-33(30(35)34-28)22-24-14-12-13-21-29(24)32-31(25-15-6-3-7-16-25,26-17-8-4-9-18-26)27-19-10-5-11-20-27/h3-21,28,32H,2,22-23H2,1H3. The van der Waals surface area contributed by atoms with Crippen molar-refractivity contribution < 1.29 is 4.74 Å². The summed E-state index contributed by atoms with van der Waals surface area (Å²) >= 11 is 5.55. The van der Waals surface area contributed by atoms with E-state index >= 15 is 0 Å². The van der Waals surface area contributed by atoms with Crippen molar-refractivity contribution in [2.24, 2.45) is 0 Å². The van der Waals surface area contributed by atoms with E-state index < -0.39 is 5.54 Å². The van der Waals surface area contributed by atoms with E-state index in [9.17, 15) is 0 Å². The van der Waals surface area contributed by atoms with Crippen molar-refractivity contribution in [1.29, 1.82) is 0 Å². The third-order valence-electron chi connectivity index (χ3n) is 6.73. The summed E-state index contributed by atoms with van der Waals surface area (Å²) in [5, 5.41) is 4.60. The van der Waals surface area contributed by atoms with E-state index in [-0.39, 0.29) is 6.10 Å². The van der Waals surface area contributed by atoms with E-state index in [4.69, 9.17) is 17.0 Å². The predicted molar refractivity (Wildman–Crippen MR) is 147 cm³/mol. The lowest BCUT2D eigenvalue weighted by atomic mass is 9.76. The first kappa shape index (κ1) is 23.1. The van der Waals surface area contributed by atoms with E-state index in [0.717, 1.165) is 18.7 Å². The van der Waals surface area contributed by atoms with Gasteiger partial charge in [-0.15, -0.1) is 0 Å². The van der Waals surface area contributed by atoms with Crippen molar-refractivity contribution >= 4 is 23.1 Å². The topological polar surface area (TPSA) is 24.5 Å². The predicted octanol–water partition coefficient (Wildman–Crippen LogP) is 6.99. The van der Waals surface area contributed by atoms with Gasteiger partial charge >= 0.3 is 0 Å². The van der Waals surface area contributed by atoms with Crippen LogP contribution in [-0.2, 0) is 16.8 Å². The molecule has 1 atom stereocenters. The molecule has 1 unspecified atom stereocenters. The molecule has 0 aromatic heterocycles. The zero-order chi connectivity index (χ0) is 24.1. The lowest BCUT2D eigenvalue weighted by molar-refractivity contribution is 0.229. The zero-order valence-corrected chi connectivity index (χ0v) is 20.7. The molecule has 0 spiro atoms. The highest BCUT2D eigenvalue weighted by Crippen LogP contribution is 2.41. The minimum atomic E-state index is -0.576. The first-order valence-corrected chi connectivity index (χ1v) is 12.6. The van der Waals surface area contributed by atoms with Crippen LogP contribution in [0.5, 0.6) is 0 Å². The Kier molecular flexibility index (Phi) is 6.82. The van der Waals surface area contributed by atoms with Crippen molar-refractivity contribution in [2.75, 3.05) is 11.9 Å². The molecule has 4 heteroatoms. The summed E-state index contributed by atoms with van der Waals surface area (Å²) < 4.78 is 5.88. The van der Waals surface area contributed by atoms with Crippen LogP contribution in [0.2, 0.25) is 0 Å². The molecule has 4 aromatic rings. The van der Waals surface area contributed by atoms with Crippen LogP contribution in [0.4, 0.5) is 5.69 Å². The van der Waals surface area contributed by atoms with Gasteiger partial charge in [0.1, 0.15) is 11.6 Å². The van der Waals surface area contributed by atoms with Gasteiger partial charge in [0.15, 0.2) is 0 Å². The maximum atomic E-state index is 5.88. The number of benzene rings is 4. The molecule has 1 N–H and O–H groups in total. The third kappa shape index (κ3) is 4.67. The fourth-order valence-electron chi connectivity index (χ4n) is 4.88. The maximum Gasteiger partial charge on any atom is 0.260 e. The van der Waals surface area contributed by atoms with Gasteiger partial charge in [0.25, 0.3) is 5.17 Å². The highest BCUT2D eigenvalue weighted by Gasteiger charge is 2.37. The van der Waals surface area contributed by atoms with Crippen LogP contribution >= 0.6 is 12.2 Å². The van der Waals surface area contributed by atoms with Gasteiger partial charge in [-0.25, -0.2) is 0 Å². The lowest BCUT2D eigenvalue weighted by Gasteiger charge is -2.38. The summed E-state index contributed by atoms with van der Waals surface area (Å²) in [6.45, 7) is 3.66. The summed E-state index contributed by atoms with van der Waals surface area (Å²) in [4.78, 5) is 2.17. The van der Waals surface area contributed by atoms with Gasteiger partial charge in [0.05, 0.1) is 6.54 Å². The smallest absolute Gasteiger partial charge is 0.260 e. The molecule has 1 aliphatic rings. The fourth-order valence-corrected chi connectivity index (χ4v) is 5.16. The average Bonchev–Trinajstić information content (AvgIpc) is 3.29. The van der Waals surface area contributed by atoms with Gasteiger partial charge in [0.2, 0.25) is 0 Å². The Morgan fingerprint density at radius 1 is 0.771 bits per heavy atom. The van der Waals surface area contributed by atoms with E-state index in [0.29, 0.717) is 11.7 Å². The third-order valence-corrected chi connectivity index (χ3v) is 7.08. The molecule has 0 aliphatic carbocycles. The van der Waals surface area contributed by atoms with E-state index in [1.54, 1.807) is 0 Å². The maximum absolute atomic E-state index is 5.88. The summed E-state index contributed by atoms with van der Waals surface area (Å²) in [5.41, 5.74) is 5.22. The number of para-hydroxylation sites is 1. The number of anilines is 1. The van der Waals surface area contributed by atoms with Crippen LogP contribution in [0.1, 0.15) is 35.6 Å². The molecular weight excluding hydrogens is 448 g/mol. The highest BCUT2D eigenvalue weighted by molar-refractivity contribution is 7.80. The van der Waals surface area contributed by atoms with Crippen LogP contribution in [-0.4, -0.2) is 22.7 Å². The number of nitrogens with one attached hydrogen (secondary N) is 1. The molecule has 3 nitrogen and oxygen atoms in total. The first-order chi connectivity index (χ1) is 17.2. The molecule has 176 valence electrons. The number of thiocarbonyl (C=S) groups is 1. The van der Waals surface area contributed by atoms with Crippen molar-refractivity contribution in [3.63, 3.8) is 0 Å². The SMILES string of the molecule is CCC1CN(Cc2ccccc2NC(c2ccccc2)(c2ccccc2)c2ccccc2)C(=S)O1. The van der Waals surface area contributed by atoms with Crippen molar-refractivity contribution in [3.05, 3.63) is 138 Å². The molecule has 35 heavy (non-hydrogen) atoms. The second kappa shape index (κ2) is 10.3. The molecule has 0 bridgehead atoms. The fraction of sp³-hybridized carbons (Fsp3) is 0.194. The minimum absolute atomic E-state index is 0.166. The second-order valence-electron chi connectivity index (χ2n) is 8.92. The number of rotatable bonds is 8. The number of hydrogen-bond donors (Lipinski definition) is 1. The molecule has 0 amide bonds. The van der Waals surface area contributed by atoms with Gasteiger partial charge in [0, 0.05) is 12.2 Å². The summed E-state index contributed by atoms with van der Waals surface area (Å²) in [6, 6.07) is 40.5. The van der Waals surface area contributed by atoms with Crippen LogP contribution in [0, 0.1) is 0 Å². The number of hydrogen-bond acceptors (Lipinski definition) is 3. The summed E-state index contributed by atoms with van der Waals surface area (Å²) in [7, 11) is 0. The summed E-state index contributed by atoms with van der Waals surface area (Å²) in [5.74, 6) is 0. The largest absolute Gasteiger partial charge is 0.466 e. The first-order valence-electron chi connectivity index (χ1n) is 12.2. The van der Waals surface area contributed by atoms with Gasteiger partial charge in [-0.05, 0) is 47.0 Å². The molecule has 1 aliphatic heterocycles. The Balaban J connectivity index is 1.63. The summed E-state index contributed by atoms with van der Waals surface area (Å²) in [6.07, 6.45) is 1.12. The Morgan fingerprint density at radius 3 is 1.74 bits per heavy atom. The molecule has 0 saturated carbocycles. The van der Waals surface area contributed by atoms with Crippen LogP contribution in [0.25, 0.3) is 0 Å². The monoisotopic (exact) mass is 478 g/mol. The quantitative estimate of drug-likeness (QED) is 0.218. The minimum Gasteiger partial charge on any atom is -0.466 e. The molecule has 1 fully saturated rings. The molecule has 1 saturated heterocycles. The van der Waals surface area contributed by atoms with Crippen molar-refractivity contribution in [2.45, 2.75) is 31.5 Å². The Labute approximate surface area is 213 Å². The second-order valence-corrected chi connectivity index (χ2v) is 9.27. The van der Waals surface area contributed by atoms with Crippen LogP contribution < -0.4 is 5.32 Å². The number of nitrogens with zero attached hydrogens (tertiary/aromatic N) is 1. The Bertz CT molecular complexity index is 1160. The van der Waals surface area contributed by atoms with Gasteiger partial charge in [-0.1, -0.05) is 116 Å². The van der Waals surface area contributed by atoms with E-state index in [1.165, 1.54) is 22.3 Å². The number of ether oxygens (including phenoxy) is 1. The highest BCUT2D eigenvalue weighted by atomic mass is 32.1. The molecule has 0 radical (unpaired) electrons. The van der Waals surface area contributed by atoms with Crippen LogP contribution in [0.15, 0.2) is 115 Å². The normalized spacial score (nSPS) is 15.6. The molecule has 5 rings (SSSR count). The van der Waals surface area contributed by atoms with Gasteiger partial charge in [-0.2, -0.15) is 0 Å². The molecule has 1 heterocycles. The van der Waals surface area contributed by atoms with Crippen molar-refractivity contribution in [1.82, 2.24) is 4.90 Å². The van der Waals surface area contributed by atoms with E-state index in [1.807, 2.05) is 0 Å². The average molecular weight is 479 g/mol. The van der Waals surface area contributed by atoms with E-state index in [2.05, 4.69) is 132 Å². The Morgan fingerprint density at radius 2 is 1.26 bits per heavy atom. The molecule has 4 aromatic carbocycles.